The van der Waals surface area contributed by atoms with Gasteiger partial charge in [-0.2, -0.15) is 0 Å². The lowest BCUT2D eigenvalue weighted by Crippen LogP contribution is -2.14. The van der Waals surface area contributed by atoms with E-state index in [0.29, 0.717) is 5.78 Å². The summed E-state index contributed by atoms with van der Waals surface area (Å²) in [4.78, 5) is 14.0. The first-order chi connectivity index (χ1) is 6.86. The Morgan fingerprint density at radius 1 is 0.929 bits per heavy atom. The first-order valence-corrected chi connectivity index (χ1v) is 5.84. The minimum Gasteiger partial charge on any atom is -0.377 e. The van der Waals surface area contributed by atoms with Gasteiger partial charge in [0.2, 0.25) is 0 Å². The Labute approximate surface area is 86.0 Å². The fourth-order valence-corrected chi connectivity index (χ4v) is 2.31. The number of Topliss-reactive ketones (excluding diaryl/α,β-unsaturated/α-hetero) is 1. The van der Waals surface area contributed by atoms with Gasteiger partial charge < -0.3 is 4.90 Å². The maximum Gasteiger partial charge on any atom is 0.160 e. The smallest absolute Gasteiger partial charge is 0.160 e. The van der Waals surface area contributed by atoms with E-state index < -0.39 is 0 Å². The summed E-state index contributed by atoms with van der Waals surface area (Å²) < 4.78 is 0. The summed E-state index contributed by atoms with van der Waals surface area (Å²) >= 11 is 0. The molecule has 0 aromatic rings. The Balaban J connectivity index is 2.01. The summed E-state index contributed by atoms with van der Waals surface area (Å²) in [5.74, 6) is 0.398. The van der Waals surface area contributed by atoms with E-state index in [1.807, 2.05) is 0 Å². The summed E-state index contributed by atoms with van der Waals surface area (Å²) in [5.41, 5.74) is 1.09. The molecule has 78 valence electrons. The van der Waals surface area contributed by atoms with Crippen molar-refractivity contribution in [1.82, 2.24) is 4.90 Å². The zero-order valence-corrected chi connectivity index (χ0v) is 8.80. The second-order valence-corrected chi connectivity index (χ2v) is 4.38. The van der Waals surface area contributed by atoms with Gasteiger partial charge in [-0.3, -0.25) is 4.79 Å². The van der Waals surface area contributed by atoms with E-state index in [9.17, 15) is 4.79 Å². The van der Waals surface area contributed by atoms with Gasteiger partial charge in [0.15, 0.2) is 5.78 Å². The van der Waals surface area contributed by atoms with Gasteiger partial charge in [-0.05, 0) is 32.1 Å². The summed E-state index contributed by atoms with van der Waals surface area (Å²) in [6.45, 7) is 2.30. The van der Waals surface area contributed by atoms with E-state index in [-0.39, 0.29) is 0 Å². The normalized spacial score (nSPS) is 27.0. The second-order valence-electron chi connectivity index (χ2n) is 4.38. The molecule has 0 atom stereocenters. The van der Waals surface area contributed by atoms with Crippen LogP contribution >= 0.6 is 0 Å². The average molecular weight is 193 g/mol. The zero-order chi connectivity index (χ0) is 9.80. The quantitative estimate of drug-likeness (QED) is 0.471. The van der Waals surface area contributed by atoms with E-state index in [0.717, 1.165) is 37.9 Å². The van der Waals surface area contributed by atoms with E-state index in [4.69, 9.17) is 0 Å². The summed E-state index contributed by atoms with van der Waals surface area (Å²) in [7, 11) is 0. The van der Waals surface area contributed by atoms with Gasteiger partial charge in [-0.1, -0.05) is 6.42 Å². The molecule has 1 aliphatic carbocycles. The van der Waals surface area contributed by atoms with E-state index in [1.54, 1.807) is 0 Å². The lowest BCUT2D eigenvalue weighted by atomic mass is 10.1. The highest BCUT2D eigenvalue weighted by molar-refractivity contribution is 5.95. The minimum absolute atomic E-state index is 0.398. The molecule has 2 nitrogen and oxygen atoms in total. The highest BCUT2D eigenvalue weighted by Crippen LogP contribution is 2.21. The van der Waals surface area contributed by atoms with Crippen molar-refractivity contribution < 1.29 is 4.79 Å². The highest BCUT2D eigenvalue weighted by atomic mass is 16.1. The standard InChI is InChI=1S/C12H19NO/c14-12-7-3-1-2-6-11(12)10-13-8-4-5-9-13/h10H,1-9H2. The molecule has 2 aliphatic rings. The number of hydrogen-bond acceptors (Lipinski definition) is 2. The van der Waals surface area contributed by atoms with Crippen molar-refractivity contribution in [3.8, 4) is 0 Å². The number of hydrogen-bond donors (Lipinski definition) is 0. The first kappa shape index (κ1) is 9.75. The van der Waals surface area contributed by atoms with Crippen LogP contribution in [0.3, 0.4) is 0 Å². The molecule has 0 radical (unpaired) electrons. The van der Waals surface area contributed by atoms with Crippen molar-refractivity contribution >= 4 is 5.78 Å². The van der Waals surface area contributed by atoms with Crippen molar-refractivity contribution in [2.75, 3.05) is 13.1 Å². The maximum atomic E-state index is 11.7. The van der Waals surface area contributed by atoms with Gasteiger partial charge in [-0.25, -0.2) is 0 Å². The fraction of sp³-hybridized carbons (Fsp3) is 0.750. The predicted molar refractivity (Wildman–Crippen MR) is 57.0 cm³/mol. The summed E-state index contributed by atoms with van der Waals surface area (Å²) in [6.07, 6.45) is 10.0. The van der Waals surface area contributed by atoms with Crippen LogP contribution in [-0.2, 0) is 4.79 Å². The predicted octanol–water partition coefficient (Wildman–Crippen LogP) is 2.50. The Morgan fingerprint density at radius 3 is 2.43 bits per heavy atom. The van der Waals surface area contributed by atoms with Gasteiger partial charge in [0.25, 0.3) is 0 Å². The molecule has 1 saturated heterocycles. The third kappa shape index (κ3) is 2.37. The van der Waals surface area contributed by atoms with E-state index in [2.05, 4.69) is 11.1 Å². The molecule has 1 aliphatic heterocycles. The number of likely N-dealkylation sites (tertiary alicyclic amines) is 1. The third-order valence-corrected chi connectivity index (χ3v) is 3.19. The average Bonchev–Trinajstić information content (AvgIpc) is 2.60. The molecule has 0 N–H and O–H groups in total. The van der Waals surface area contributed by atoms with E-state index >= 15 is 0 Å². The molecule has 0 amide bonds. The molecule has 0 bridgehead atoms. The molecule has 14 heavy (non-hydrogen) atoms. The summed E-state index contributed by atoms with van der Waals surface area (Å²) in [5, 5.41) is 0. The number of carbonyl (C=O) groups is 1. The number of nitrogens with zero attached hydrogens (tertiary/aromatic N) is 1. The Morgan fingerprint density at radius 2 is 1.64 bits per heavy atom. The Bertz CT molecular complexity index is 239. The maximum absolute atomic E-state index is 11.7. The van der Waals surface area contributed by atoms with Crippen molar-refractivity contribution in [3.63, 3.8) is 0 Å². The van der Waals surface area contributed by atoms with Crippen molar-refractivity contribution in [3.05, 3.63) is 11.8 Å². The molecule has 1 heterocycles. The molecular weight excluding hydrogens is 174 g/mol. The SMILES string of the molecule is O=C1CCCCCC1=CN1CCCC1. The van der Waals surface area contributed by atoms with Gasteiger partial charge >= 0.3 is 0 Å². The molecule has 0 unspecified atom stereocenters. The van der Waals surface area contributed by atoms with Crippen LogP contribution in [-0.4, -0.2) is 23.8 Å². The lowest BCUT2D eigenvalue weighted by molar-refractivity contribution is -0.115. The zero-order valence-electron chi connectivity index (χ0n) is 8.80. The first-order valence-electron chi connectivity index (χ1n) is 5.84. The van der Waals surface area contributed by atoms with Gasteiger partial charge in [-0.15, -0.1) is 0 Å². The number of carbonyl (C=O) groups excluding carboxylic acids is 1. The topological polar surface area (TPSA) is 20.3 Å². The molecule has 0 spiro atoms. The fourth-order valence-electron chi connectivity index (χ4n) is 2.31. The van der Waals surface area contributed by atoms with Crippen molar-refractivity contribution in [2.24, 2.45) is 0 Å². The number of ketones is 1. The van der Waals surface area contributed by atoms with Crippen molar-refractivity contribution in [2.45, 2.75) is 44.9 Å². The Kier molecular flexibility index (Phi) is 3.22. The molecule has 0 aromatic carbocycles. The molecule has 2 heteroatoms. The van der Waals surface area contributed by atoms with Crippen LogP contribution in [0.1, 0.15) is 44.9 Å². The lowest BCUT2D eigenvalue weighted by Gasteiger charge is -2.13. The Hall–Kier alpha value is -0.790. The minimum atomic E-state index is 0.398. The third-order valence-electron chi connectivity index (χ3n) is 3.19. The monoisotopic (exact) mass is 193 g/mol. The van der Waals surface area contributed by atoms with Gasteiger partial charge in [0, 0.05) is 31.3 Å². The highest BCUT2D eigenvalue weighted by Gasteiger charge is 2.15. The van der Waals surface area contributed by atoms with Gasteiger partial charge in [0.05, 0.1) is 0 Å². The summed E-state index contributed by atoms with van der Waals surface area (Å²) in [6, 6.07) is 0. The largest absolute Gasteiger partial charge is 0.377 e. The molecule has 2 fully saturated rings. The van der Waals surface area contributed by atoms with Crippen LogP contribution in [0.4, 0.5) is 0 Å². The van der Waals surface area contributed by atoms with E-state index in [1.165, 1.54) is 25.7 Å². The van der Waals surface area contributed by atoms with Crippen LogP contribution in [0, 0.1) is 0 Å². The van der Waals surface area contributed by atoms with Crippen LogP contribution < -0.4 is 0 Å². The molecule has 2 rings (SSSR count). The van der Waals surface area contributed by atoms with Crippen LogP contribution in [0.15, 0.2) is 11.8 Å². The van der Waals surface area contributed by atoms with Gasteiger partial charge in [0.1, 0.15) is 0 Å². The number of allylic oxidation sites excluding steroid dienone is 1. The van der Waals surface area contributed by atoms with Crippen LogP contribution in [0.25, 0.3) is 0 Å². The van der Waals surface area contributed by atoms with Crippen LogP contribution in [0.2, 0.25) is 0 Å². The number of rotatable bonds is 1. The van der Waals surface area contributed by atoms with Crippen LogP contribution in [0.5, 0.6) is 0 Å². The molecular formula is C12H19NO. The molecule has 1 saturated carbocycles. The van der Waals surface area contributed by atoms with Crippen molar-refractivity contribution in [1.29, 1.82) is 0 Å². The molecule has 0 aromatic heterocycles. The second kappa shape index (κ2) is 4.63.